The molecule has 0 aliphatic heterocycles. The number of aromatic carboxylic acids is 1. The van der Waals surface area contributed by atoms with Crippen LogP contribution in [0.3, 0.4) is 0 Å². The minimum atomic E-state index is -1.48. The summed E-state index contributed by atoms with van der Waals surface area (Å²) in [5.74, 6) is -1.48. The number of anilines is 1. The zero-order valence-corrected chi connectivity index (χ0v) is 8.17. The maximum atomic E-state index is 10.6. The van der Waals surface area contributed by atoms with Crippen molar-refractivity contribution in [3.63, 3.8) is 0 Å². The predicted molar refractivity (Wildman–Crippen MR) is 53.0 cm³/mol. The Kier molecular flexibility index (Phi) is 3.78. The lowest BCUT2D eigenvalue weighted by atomic mass is 10.1. The van der Waals surface area contributed by atoms with Crippen molar-refractivity contribution in [2.75, 3.05) is 18.5 Å². The summed E-state index contributed by atoms with van der Waals surface area (Å²) in [6.45, 7) is -0.0368. The van der Waals surface area contributed by atoms with E-state index in [1.807, 2.05) is 0 Å². The van der Waals surface area contributed by atoms with Crippen molar-refractivity contribution in [2.45, 2.75) is 0 Å². The highest BCUT2D eigenvalue weighted by molar-refractivity contribution is 5.88. The van der Waals surface area contributed by atoms with Crippen LogP contribution in [0.4, 0.5) is 11.4 Å². The van der Waals surface area contributed by atoms with Gasteiger partial charge in [-0.15, -0.1) is 0 Å². The molecule has 0 aromatic heterocycles. The van der Waals surface area contributed by atoms with E-state index in [9.17, 15) is 20.0 Å². The maximum absolute atomic E-state index is 10.6. The Morgan fingerprint density at radius 2 is 2.19 bits per heavy atom. The van der Waals surface area contributed by atoms with Crippen molar-refractivity contribution in [1.82, 2.24) is 0 Å². The first-order valence-electron chi connectivity index (χ1n) is 4.40. The van der Waals surface area contributed by atoms with E-state index in [0.29, 0.717) is 0 Å². The molecule has 0 saturated carbocycles. The normalized spacial score (nSPS) is 9.81. The number of benzene rings is 1. The van der Waals surface area contributed by atoms with Crippen LogP contribution in [0, 0.1) is 10.1 Å². The Labute approximate surface area is 90.5 Å². The maximum Gasteiger partial charge on any atom is 0.292 e. The fraction of sp³-hybridized carbons (Fsp3) is 0.222. The van der Waals surface area contributed by atoms with Gasteiger partial charge in [0.05, 0.1) is 17.5 Å². The monoisotopic (exact) mass is 225 g/mol. The van der Waals surface area contributed by atoms with E-state index >= 15 is 0 Å². The molecule has 16 heavy (non-hydrogen) atoms. The summed E-state index contributed by atoms with van der Waals surface area (Å²) in [6, 6.07) is 3.37. The van der Waals surface area contributed by atoms with E-state index in [1.165, 1.54) is 12.1 Å². The number of hydrogen-bond donors (Lipinski definition) is 2. The van der Waals surface area contributed by atoms with Crippen LogP contribution in [0.15, 0.2) is 18.2 Å². The number of hydrogen-bond acceptors (Lipinski definition) is 6. The van der Waals surface area contributed by atoms with Crippen LogP contribution < -0.4 is 10.4 Å². The molecule has 2 N–H and O–H groups in total. The van der Waals surface area contributed by atoms with Crippen molar-refractivity contribution >= 4 is 17.3 Å². The Morgan fingerprint density at radius 3 is 2.69 bits per heavy atom. The fourth-order valence-electron chi connectivity index (χ4n) is 1.15. The molecular formula is C9H9N2O5-. The van der Waals surface area contributed by atoms with E-state index in [4.69, 9.17) is 5.11 Å². The van der Waals surface area contributed by atoms with Gasteiger partial charge in [0.2, 0.25) is 0 Å². The van der Waals surface area contributed by atoms with Crippen molar-refractivity contribution in [1.29, 1.82) is 0 Å². The first-order valence-corrected chi connectivity index (χ1v) is 4.40. The first-order chi connectivity index (χ1) is 7.56. The quantitative estimate of drug-likeness (QED) is 0.508. The third kappa shape index (κ3) is 2.67. The zero-order chi connectivity index (χ0) is 12.1. The zero-order valence-electron chi connectivity index (χ0n) is 8.17. The van der Waals surface area contributed by atoms with Gasteiger partial charge < -0.3 is 20.3 Å². The number of nitro benzene ring substituents is 1. The summed E-state index contributed by atoms with van der Waals surface area (Å²) in [4.78, 5) is 20.5. The number of aliphatic hydroxyl groups is 1. The number of rotatable bonds is 5. The van der Waals surface area contributed by atoms with Crippen molar-refractivity contribution in [3.05, 3.63) is 33.9 Å². The van der Waals surface area contributed by atoms with Crippen LogP contribution in [-0.4, -0.2) is 29.2 Å². The molecule has 1 aromatic carbocycles. The summed E-state index contributed by atoms with van der Waals surface area (Å²) in [7, 11) is 0. The SMILES string of the molecule is O=C([O-])c1ccc(NCCO)c([N+](=O)[O-])c1. The second-order valence-electron chi connectivity index (χ2n) is 2.93. The number of aliphatic hydroxyl groups excluding tert-OH is 1. The van der Waals surface area contributed by atoms with Gasteiger partial charge in [-0.05, 0) is 6.07 Å². The molecule has 0 saturated heterocycles. The molecule has 0 aliphatic carbocycles. The summed E-state index contributed by atoms with van der Waals surface area (Å²) in [5.41, 5.74) is -0.472. The van der Waals surface area contributed by atoms with E-state index < -0.39 is 10.9 Å². The average Bonchev–Trinajstić information content (AvgIpc) is 2.25. The van der Waals surface area contributed by atoms with Gasteiger partial charge in [0, 0.05) is 18.2 Å². The third-order valence-corrected chi connectivity index (χ3v) is 1.86. The second-order valence-corrected chi connectivity index (χ2v) is 2.93. The van der Waals surface area contributed by atoms with Gasteiger partial charge in [0.1, 0.15) is 5.69 Å². The number of carboxylic acids is 1. The smallest absolute Gasteiger partial charge is 0.292 e. The second kappa shape index (κ2) is 5.08. The van der Waals surface area contributed by atoms with Gasteiger partial charge in [-0.2, -0.15) is 0 Å². The summed E-state index contributed by atoms with van der Waals surface area (Å²) in [6.07, 6.45) is 0. The molecule has 1 rings (SSSR count). The largest absolute Gasteiger partial charge is 0.545 e. The Bertz CT molecular complexity index is 418. The fourth-order valence-corrected chi connectivity index (χ4v) is 1.15. The minimum Gasteiger partial charge on any atom is -0.545 e. The number of nitrogens with zero attached hydrogens (tertiary/aromatic N) is 1. The number of carbonyl (C=O) groups is 1. The number of carboxylic acid groups (broad SMARTS) is 1. The van der Waals surface area contributed by atoms with Crippen LogP contribution in [0.1, 0.15) is 10.4 Å². The van der Waals surface area contributed by atoms with Crippen molar-refractivity contribution in [2.24, 2.45) is 0 Å². The molecule has 7 heteroatoms. The number of nitrogens with one attached hydrogen (secondary N) is 1. The molecule has 86 valence electrons. The average molecular weight is 225 g/mol. The molecule has 7 nitrogen and oxygen atoms in total. The van der Waals surface area contributed by atoms with E-state index in [0.717, 1.165) is 6.07 Å². The van der Waals surface area contributed by atoms with Crippen LogP contribution in [0.2, 0.25) is 0 Å². The predicted octanol–water partition coefficient (Wildman–Crippen LogP) is -0.638. The molecule has 0 spiro atoms. The van der Waals surface area contributed by atoms with Gasteiger partial charge in [0.15, 0.2) is 0 Å². The highest BCUT2D eigenvalue weighted by atomic mass is 16.6. The molecule has 0 amide bonds. The highest BCUT2D eigenvalue weighted by Crippen LogP contribution is 2.25. The molecule has 0 aliphatic rings. The van der Waals surface area contributed by atoms with Crippen molar-refractivity contribution < 1.29 is 19.9 Å². The Balaban J connectivity index is 3.09. The molecule has 0 radical (unpaired) electrons. The topological polar surface area (TPSA) is 116 Å². The number of carbonyl (C=O) groups excluding carboxylic acids is 1. The van der Waals surface area contributed by atoms with Crippen LogP contribution in [0.25, 0.3) is 0 Å². The molecular weight excluding hydrogens is 216 g/mol. The molecule has 0 unspecified atom stereocenters. The van der Waals surface area contributed by atoms with Gasteiger partial charge in [-0.3, -0.25) is 10.1 Å². The third-order valence-electron chi connectivity index (χ3n) is 1.86. The van der Waals surface area contributed by atoms with E-state index in [1.54, 1.807) is 0 Å². The summed E-state index contributed by atoms with van der Waals surface area (Å²) < 4.78 is 0. The molecule has 0 fully saturated rings. The van der Waals surface area contributed by atoms with Crippen LogP contribution in [0.5, 0.6) is 0 Å². The minimum absolute atomic E-state index is 0.144. The Hall–Kier alpha value is -2.15. The lowest BCUT2D eigenvalue weighted by molar-refractivity contribution is -0.384. The molecule has 0 heterocycles. The summed E-state index contributed by atoms with van der Waals surface area (Å²) in [5, 5.41) is 32.3. The van der Waals surface area contributed by atoms with E-state index in [2.05, 4.69) is 5.32 Å². The van der Waals surface area contributed by atoms with Gasteiger partial charge in [-0.1, -0.05) is 6.07 Å². The molecule has 0 atom stereocenters. The first kappa shape index (κ1) is 11.9. The summed E-state index contributed by atoms with van der Waals surface area (Å²) >= 11 is 0. The molecule has 1 aromatic rings. The van der Waals surface area contributed by atoms with Gasteiger partial charge in [0.25, 0.3) is 5.69 Å². The van der Waals surface area contributed by atoms with Crippen LogP contribution >= 0.6 is 0 Å². The standard InChI is InChI=1S/C9H10N2O5/c12-4-3-10-7-2-1-6(9(13)14)5-8(7)11(15)16/h1-2,5,10,12H,3-4H2,(H,13,14)/p-1. The Morgan fingerprint density at radius 1 is 1.50 bits per heavy atom. The van der Waals surface area contributed by atoms with Gasteiger partial charge in [-0.25, -0.2) is 0 Å². The van der Waals surface area contributed by atoms with Crippen molar-refractivity contribution in [3.8, 4) is 0 Å². The molecule has 0 bridgehead atoms. The van der Waals surface area contributed by atoms with E-state index in [-0.39, 0.29) is 30.1 Å². The lowest BCUT2D eigenvalue weighted by Gasteiger charge is -2.07. The van der Waals surface area contributed by atoms with Crippen LogP contribution in [-0.2, 0) is 0 Å². The number of nitro groups is 1. The lowest BCUT2D eigenvalue weighted by Crippen LogP contribution is -2.22. The van der Waals surface area contributed by atoms with Gasteiger partial charge >= 0.3 is 0 Å². The highest BCUT2D eigenvalue weighted by Gasteiger charge is 2.14.